The highest BCUT2D eigenvalue weighted by Crippen LogP contribution is 1.84. The number of imide groups is 1. The zero-order chi connectivity index (χ0) is 23.5. The van der Waals surface area contributed by atoms with Crippen molar-refractivity contribution in [1.29, 1.82) is 0 Å². The Kier molecular flexibility index (Phi) is 34.8. The molecule has 0 aromatic carbocycles. The van der Waals surface area contributed by atoms with E-state index in [0.717, 1.165) is 0 Å². The number of nitrogens with one attached hydrogen (secondary N) is 6. The van der Waals surface area contributed by atoms with E-state index in [1.165, 1.54) is 6.92 Å². The molecule has 212 valence electrons. The zero-order valence-electron chi connectivity index (χ0n) is 18.7. The fraction of sp³-hybridized carbons (Fsp3) is 0.818. The fourth-order valence-corrected chi connectivity index (χ4v) is 1.98. The maximum Gasteiger partial charge on any atom is 0.252 e. The molecule has 35 heavy (non-hydrogen) atoms. The molecular weight excluding hydrogens is 460 g/mol. The van der Waals surface area contributed by atoms with Crippen molar-refractivity contribution in [1.82, 2.24) is 32.3 Å². The van der Waals surface area contributed by atoms with E-state index in [1.807, 2.05) is 0 Å². The van der Waals surface area contributed by atoms with Crippen molar-refractivity contribution in [3.63, 3.8) is 0 Å². The van der Waals surface area contributed by atoms with Gasteiger partial charge in [-0.1, -0.05) is 29.7 Å². The Morgan fingerprint density at radius 1 is 0.714 bits per heavy atom. The second kappa shape index (κ2) is 28.2. The summed E-state index contributed by atoms with van der Waals surface area (Å²) in [6.07, 6.45) is 0. The Balaban J connectivity index is -0.000000750. The minimum atomic E-state index is -0.664. The number of ketones is 1. The number of amides is 3. The Morgan fingerprint density at radius 2 is 1.26 bits per heavy atom. The van der Waals surface area contributed by atoms with E-state index in [2.05, 4.69) is 32.3 Å². The summed E-state index contributed by atoms with van der Waals surface area (Å²) in [5.41, 5.74) is 11.0. The number of Topliss-reactive ketones (excluding diaryl/α,β-unsaturated/α-hetero) is 1. The van der Waals surface area contributed by atoms with Crippen molar-refractivity contribution in [2.24, 2.45) is 0 Å². The summed E-state index contributed by atoms with van der Waals surface area (Å²) in [5.74, 6) is -1.32. The average Bonchev–Trinajstić information content (AvgIpc) is 2.71. The molecule has 13 nitrogen and oxygen atoms in total. The molecular formula is C22H52N6O7. The first-order valence-corrected chi connectivity index (χ1v) is 10.0. The van der Waals surface area contributed by atoms with Crippen LogP contribution in [0.25, 0.3) is 0 Å². The highest BCUT2D eigenvalue weighted by atomic mass is 16.5. The quantitative estimate of drug-likeness (QED) is 0.0977. The molecule has 0 heterocycles. The lowest BCUT2D eigenvalue weighted by Crippen LogP contribution is -2.51. The van der Waals surface area contributed by atoms with E-state index in [1.54, 1.807) is 20.9 Å². The summed E-state index contributed by atoms with van der Waals surface area (Å²) in [7, 11) is 1.68. The van der Waals surface area contributed by atoms with E-state index in [4.69, 9.17) is 14.2 Å². The molecule has 0 rings (SSSR count). The molecule has 3 amide bonds. The van der Waals surface area contributed by atoms with Crippen LogP contribution in [0.1, 0.15) is 50.5 Å². The molecule has 0 aromatic heterocycles. The number of hydrazine groups is 2. The Labute approximate surface area is 212 Å². The maximum atomic E-state index is 11.9. The van der Waals surface area contributed by atoms with E-state index in [0.29, 0.717) is 26.3 Å². The first kappa shape index (κ1) is 43.1. The van der Waals surface area contributed by atoms with Crippen LogP contribution in [-0.4, -0.2) is 95.4 Å². The van der Waals surface area contributed by atoms with Gasteiger partial charge in [-0.15, -0.1) is 0 Å². The number of rotatable bonds is 19. The normalized spacial score (nSPS) is 11.3. The minimum absolute atomic E-state index is 0. The predicted octanol–water partition coefficient (Wildman–Crippen LogP) is -0.476. The zero-order valence-corrected chi connectivity index (χ0v) is 18.7. The van der Waals surface area contributed by atoms with Gasteiger partial charge in [0.1, 0.15) is 13.2 Å². The van der Waals surface area contributed by atoms with Gasteiger partial charge in [0.15, 0.2) is 5.78 Å². The second-order valence-corrected chi connectivity index (χ2v) is 6.53. The van der Waals surface area contributed by atoms with Crippen molar-refractivity contribution >= 4 is 23.5 Å². The largest absolute Gasteiger partial charge is 0.378 e. The molecule has 0 saturated carbocycles. The first-order chi connectivity index (χ1) is 14.8. The standard InChI is InChI=1S/C18H36N6O7.4CH4/c1-13(25)11-30-9-10-31-12-16(26)22-18(28)15(3)24-21-6-8-29-7-5-20-17(27)14(2)23-19-4;;;;/h14-15,19,21,23-24H,5-12H2,1-4H3,(H,20,27)(H,22,26,28);4*1H4/t14-,15-;;;;/m1..../s1. The summed E-state index contributed by atoms with van der Waals surface area (Å²) in [6, 6.07) is -1.02. The molecule has 6 N–H and O–H groups in total. The monoisotopic (exact) mass is 512 g/mol. The molecule has 0 radical (unpaired) electrons. The van der Waals surface area contributed by atoms with Crippen LogP contribution in [0.4, 0.5) is 0 Å². The summed E-state index contributed by atoms with van der Waals surface area (Å²) >= 11 is 0. The molecule has 13 heteroatoms. The predicted molar refractivity (Wildman–Crippen MR) is 138 cm³/mol. The van der Waals surface area contributed by atoms with Gasteiger partial charge in [-0.3, -0.25) is 35.3 Å². The lowest BCUT2D eigenvalue weighted by atomic mass is 10.3. The third-order valence-corrected chi connectivity index (χ3v) is 3.56. The number of ether oxygens (including phenoxy) is 3. The van der Waals surface area contributed by atoms with E-state index >= 15 is 0 Å². The minimum Gasteiger partial charge on any atom is -0.378 e. The molecule has 0 aliphatic rings. The molecule has 0 aromatic rings. The van der Waals surface area contributed by atoms with Crippen molar-refractivity contribution in [3.8, 4) is 0 Å². The van der Waals surface area contributed by atoms with Gasteiger partial charge in [0.2, 0.25) is 11.8 Å². The topological polar surface area (TPSA) is 168 Å². The lowest BCUT2D eigenvalue weighted by molar-refractivity contribution is -0.135. The van der Waals surface area contributed by atoms with Crippen LogP contribution in [0.3, 0.4) is 0 Å². The second-order valence-electron chi connectivity index (χ2n) is 6.53. The summed E-state index contributed by atoms with van der Waals surface area (Å²) in [5, 5.41) is 4.93. The van der Waals surface area contributed by atoms with Crippen LogP contribution in [0.15, 0.2) is 0 Å². The molecule has 2 atom stereocenters. The smallest absolute Gasteiger partial charge is 0.252 e. The van der Waals surface area contributed by atoms with Crippen molar-refractivity contribution < 1.29 is 33.4 Å². The fourth-order valence-electron chi connectivity index (χ4n) is 1.98. The van der Waals surface area contributed by atoms with Gasteiger partial charge in [0, 0.05) is 13.1 Å². The number of carbonyl (C=O) groups excluding carboxylic acids is 4. The summed E-state index contributed by atoms with van der Waals surface area (Å²) in [6.45, 7) is 6.27. The number of hydrogen-bond acceptors (Lipinski definition) is 11. The Bertz CT molecular complexity index is 552. The van der Waals surface area contributed by atoms with Gasteiger partial charge < -0.3 is 19.5 Å². The Hall–Kier alpha value is -2.00. The van der Waals surface area contributed by atoms with Gasteiger partial charge in [0.05, 0.1) is 38.5 Å². The maximum absolute atomic E-state index is 11.9. The summed E-state index contributed by atoms with van der Waals surface area (Å²) in [4.78, 5) is 45.9. The molecule has 0 aliphatic heterocycles. The van der Waals surface area contributed by atoms with E-state index in [-0.39, 0.29) is 73.9 Å². The highest BCUT2D eigenvalue weighted by molar-refractivity contribution is 5.98. The van der Waals surface area contributed by atoms with Gasteiger partial charge in [-0.25, -0.2) is 10.9 Å². The SMILES string of the molecule is C.C.C.C.CNN[C@H](C)C(=O)NCCOCCNN[C@H](C)C(=O)NC(=O)COCCOCC(C)=O. The van der Waals surface area contributed by atoms with Crippen molar-refractivity contribution in [2.45, 2.75) is 62.6 Å². The van der Waals surface area contributed by atoms with Crippen LogP contribution in [0, 0.1) is 0 Å². The van der Waals surface area contributed by atoms with Gasteiger partial charge in [0.25, 0.3) is 5.91 Å². The third kappa shape index (κ3) is 26.4. The molecule has 0 spiro atoms. The molecule has 0 fully saturated rings. The van der Waals surface area contributed by atoms with Crippen LogP contribution in [0.2, 0.25) is 0 Å². The number of hydrogen-bond donors (Lipinski definition) is 6. The molecule has 0 aliphatic carbocycles. The van der Waals surface area contributed by atoms with Crippen LogP contribution in [-0.2, 0) is 33.4 Å². The van der Waals surface area contributed by atoms with Crippen molar-refractivity contribution in [3.05, 3.63) is 0 Å². The average molecular weight is 513 g/mol. The van der Waals surface area contributed by atoms with E-state index in [9.17, 15) is 19.2 Å². The van der Waals surface area contributed by atoms with Gasteiger partial charge in [-0.05, 0) is 27.8 Å². The first-order valence-electron chi connectivity index (χ1n) is 10.0. The molecule has 0 unspecified atom stereocenters. The molecule has 0 bridgehead atoms. The lowest BCUT2D eigenvalue weighted by Gasteiger charge is -2.15. The van der Waals surface area contributed by atoms with Crippen LogP contribution in [0.5, 0.6) is 0 Å². The van der Waals surface area contributed by atoms with Gasteiger partial charge in [-0.2, -0.15) is 0 Å². The van der Waals surface area contributed by atoms with Crippen molar-refractivity contribution in [2.75, 3.05) is 59.8 Å². The third-order valence-electron chi connectivity index (χ3n) is 3.56. The summed E-state index contributed by atoms with van der Waals surface area (Å²) < 4.78 is 15.4. The van der Waals surface area contributed by atoms with Crippen LogP contribution < -0.4 is 32.3 Å². The Morgan fingerprint density at radius 3 is 1.83 bits per heavy atom. The number of carbonyl (C=O) groups is 4. The van der Waals surface area contributed by atoms with Gasteiger partial charge >= 0.3 is 0 Å². The molecule has 0 saturated heterocycles. The highest BCUT2D eigenvalue weighted by Gasteiger charge is 2.15. The van der Waals surface area contributed by atoms with Crippen LogP contribution >= 0.6 is 0 Å². The van der Waals surface area contributed by atoms with E-state index < -0.39 is 17.9 Å².